The maximum atomic E-state index is 6.04. The van der Waals surface area contributed by atoms with E-state index in [1.54, 1.807) is 17.8 Å². The molecule has 0 atom stereocenters. The third kappa shape index (κ3) is 3.06. The SMILES string of the molecule is Nc1nc(N)c2c(SCc3ccc(Cl)c(Cl)c3)cccc2n1. The van der Waals surface area contributed by atoms with Crippen LogP contribution in [-0.2, 0) is 5.75 Å². The summed E-state index contributed by atoms with van der Waals surface area (Å²) >= 11 is 13.6. The van der Waals surface area contributed by atoms with Crippen molar-refractivity contribution in [3.05, 3.63) is 52.0 Å². The number of nitrogens with zero attached hydrogens (tertiary/aromatic N) is 2. The molecule has 0 aliphatic heterocycles. The number of nitrogen functional groups attached to an aromatic ring is 2. The van der Waals surface area contributed by atoms with Gasteiger partial charge in [0, 0.05) is 10.6 Å². The highest BCUT2D eigenvalue weighted by Crippen LogP contribution is 2.33. The molecular weight excluding hydrogens is 339 g/mol. The number of halogens is 2. The topological polar surface area (TPSA) is 77.8 Å². The van der Waals surface area contributed by atoms with Gasteiger partial charge in [-0.2, -0.15) is 4.98 Å². The van der Waals surface area contributed by atoms with Gasteiger partial charge in [0.2, 0.25) is 5.95 Å². The molecule has 3 aromatic rings. The predicted molar refractivity (Wildman–Crippen MR) is 94.4 cm³/mol. The number of nitrogens with two attached hydrogens (primary N) is 2. The van der Waals surface area contributed by atoms with E-state index in [1.807, 2.05) is 30.3 Å². The number of hydrogen-bond acceptors (Lipinski definition) is 5. The average Bonchev–Trinajstić information content (AvgIpc) is 2.48. The van der Waals surface area contributed by atoms with Crippen LogP contribution >= 0.6 is 35.0 Å². The van der Waals surface area contributed by atoms with Gasteiger partial charge in [0.05, 0.1) is 20.9 Å². The molecule has 0 saturated heterocycles. The molecule has 0 aliphatic carbocycles. The highest BCUT2D eigenvalue weighted by Gasteiger charge is 2.09. The fraction of sp³-hybridized carbons (Fsp3) is 0.0667. The number of benzene rings is 2. The second kappa shape index (κ2) is 6.20. The lowest BCUT2D eigenvalue weighted by atomic mass is 10.2. The van der Waals surface area contributed by atoms with Crippen molar-refractivity contribution in [3.63, 3.8) is 0 Å². The quantitative estimate of drug-likeness (QED) is 0.684. The van der Waals surface area contributed by atoms with Crippen molar-refractivity contribution in [1.82, 2.24) is 9.97 Å². The number of anilines is 2. The largest absolute Gasteiger partial charge is 0.383 e. The molecule has 4 nitrogen and oxygen atoms in total. The molecule has 112 valence electrons. The van der Waals surface area contributed by atoms with Crippen LogP contribution in [0.1, 0.15) is 5.56 Å². The average molecular weight is 351 g/mol. The molecule has 0 unspecified atom stereocenters. The Kier molecular flexibility index (Phi) is 4.29. The molecule has 2 aromatic carbocycles. The number of aromatic nitrogens is 2. The second-order valence-corrected chi connectivity index (χ2v) is 6.49. The maximum absolute atomic E-state index is 6.04. The number of thioether (sulfide) groups is 1. The van der Waals surface area contributed by atoms with Gasteiger partial charge < -0.3 is 11.5 Å². The molecule has 0 amide bonds. The molecule has 3 rings (SSSR count). The van der Waals surface area contributed by atoms with Crippen molar-refractivity contribution in [3.8, 4) is 0 Å². The van der Waals surface area contributed by atoms with E-state index >= 15 is 0 Å². The van der Waals surface area contributed by atoms with E-state index in [9.17, 15) is 0 Å². The summed E-state index contributed by atoms with van der Waals surface area (Å²) in [7, 11) is 0. The van der Waals surface area contributed by atoms with Crippen molar-refractivity contribution >= 4 is 57.6 Å². The molecule has 0 radical (unpaired) electrons. The highest BCUT2D eigenvalue weighted by molar-refractivity contribution is 7.98. The highest BCUT2D eigenvalue weighted by atomic mass is 35.5. The van der Waals surface area contributed by atoms with Gasteiger partial charge in [0.15, 0.2) is 0 Å². The summed E-state index contributed by atoms with van der Waals surface area (Å²) in [6.45, 7) is 0. The first kappa shape index (κ1) is 15.2. The summed E-state index contributed by atoms with van der Waals surface area (Å²) in [6, 6.07) is 11.4. The van der Waals surface area contributed by atoms with Crippen LogP contribution < -0.4 is 11.5 Å². The Balaban J connectivity index is 1.92. The van der Waals surface area contributed by atoms with Crippen LogP contribution in [0.2, 0.25) is 10.0 Å². The lowest BCUT2D eigenvalue weighted by molar-refractivity contribution is 1.23. The minimum atomic E-state index is 0.177. The Hall–Kier alpha value is -1.69. The lowest BCUT2D eigenvalue weighted by Crippen LogP contribution is -2.01. The normalized spacial score (nSPS) is 11.0. The van der Waals surface area contributed by atoms with Crippen LogP contribution in [0, 0.1) is 0 Å². The van der Waals surface area contributed by atoms with Crippen LogP contribution in [-0.4, -0.2) is 9.97 Å². The molecule has 0 bridgehead atoms. The van der Waals surface area contributed by atoms with Crippen molar-refractivity contribution < 1.29 is 0 Å². The Labute approximate surface area is 141 Å². The van der Waals surface area contributed by atoms with E-state index < -0.39 is 0 Å². The smallest absolute Gasteiger partial charge is 0.222 e. The second-order valence-electron chi connectivity index (χ2n) is 4.65. The lowest BCUT2D eigenvalue weighted by Gasteiger charge is -2.09. The maximum Gasteiger partial charge on any atom is 0.222 e. The van der Waals surface area contributed by atoms with Crippen molar-refractivity contribution in [2.24, 2.45) is 0 Å². The van der Waals surface area contributed by atoms with Gasteiger partial charge in [-0.05, 0) is 29.8 Å². The molecular formula is C15H12Cl2N4S. The van der Waals surface area contributed by atoms with Crippen molar-refractivity contribution in [1.29, 1.82) is 0 Å². The standard InChI is InChI=1S/C15H12Cl2N4S/c16-9-5-4-8(6-10(9)17)7-22-12-3-1-2-11-13(12)14(18)21-15(19)20-11/h1-6H,7H2,(H4,18,19,20,21). The summed E-state index contributed by atoms with van der Waals surface area (Å²) < 4.78 is 0. The molecule has 0 spiro atoms. The first-order valence-corrected chi connectivity index (χ1v) is 8.17. The first-order chi connectivity index (χ1) is 10.5. The van der Waals surface area contributed by atoms with Gasteiger partial charge >= 0.3 is 0 Å². The van der Waals surface area contributed by atoms with Crippen LogP contribution in [0.25, 0.3) is 10.9 Å². The molecule has 0 aliphatic rings. The Morgan fingerprint density at radius 3 is 2.59 bits per heavy atom. The number of rotatable bonds is 3. The van der Waals surface area contributed by atoms with Gasteiger partial charge in [-0.1, -0.05) is 35.3 Å². The summed E-state index contributed by atoms with van der Waals surface area (Å²) in [5.74, 6) is 1.30. The minimum absolute atomic E-state index is 0.177. The van der Waals surface area contributed by atoms with Gasteiger partial charge in [-0.3, -0.25) is 0 Å². The molecule has 0 fully saturated rings. The zero-order valence-electron chi connectivity index (χ0n) is 11.4. The summed E-state index contributed by atoms with van der Waals surface area (Å²) in [5.41, 5.74) is 13.4. The van der Waals surface area contributed by atoms with Gasteiger partial charge in [-0.25, -0.2) is 4.98 Å². The Morgan fingerprint density at radius 1 is 1.00 bits per heavy atom. The van der Waals surface area contributed by atoms with Gasteiger partial charge in [-0.15, -0.1) is 11.8 Å². The first-order valence-electron chi connectivity index (χ1n) is 6.43. The molecule has 4 N–H and O–H groups in total. The van der Waals surface area contributed by atoms with E-state index in [0.717, 1.165) is 27.1 Å². The summed E-state index contributed by atoms with van der Waals surface area (Å²) in [5, 5.41) is 1.92. The fourth-order valence-electron chi connectivity index (χ4n) is 2.11. The number of fused-ring (bicyclic) bond motifs is 1. The molecule has 22 heavy (non-hydrogen) atoms. The third-order valence-electron chi connectivity index (χ3n) is 3.11. The van der Waals surface area contributed by atoms with Gasteiger partial charge in [0.1, 0.15) is 5.82 Å². The van der Waals surface area contributed by atoms with E-state index in [-0.39, 0.29) is 5.95 Å². The molecule has 1 heterocycles. The number of hydrogen-bond donors (Lipinski definition) is 2. The fourth-order valence-corrected chi connectivity index (χ4v) is 3.46. The van der Waals surface area contributed by atoms with Crippen LogP contribution in [0.15, 0.2) is 41.3 Å². The zero-order valence-corrected chi connectivity index (χ0v) is 13.7. The molecule has 0 saturated carbocycles. The Morgan fingerprint density at radius 2 is 1.82 bits per heavy atom. The van der Waals surface area contributed by atoms with Gasteiger partial charge in [0.25, 0.3) is 0 Å². The Bertz CT molecular complexity index is 854. The predicted octanol–water partition coefficient (Wildman–Crippen LogP) is 4.39. The van der Waals surface area contributed by atoms with E-state index in [2.05, 4.69) is 9.97 Å². The monoisotopic (exact) mass is 350 g/mol. The van der Waals surface area contributed by atoms with Crippen LogP contribution in [0.3, 0.4) is 0 Å². The summed E-state index contributed by atoms with van der Waals surface area (Å²) in [6.07, 6.45) is 0. The van der Waals surface area contributed by atoms with Crippen molar-refractivity contribution in [2.45, 2.75) is 10.6 Å². The van der Waals surface area contributed by atoms with E-state index in [1.165, 1.54) is 0 Å². The minimum Gasteiger partial charge on any atom is -0.383 e. The van der Waals surface area contributed by atoms with Crippen molar-refractivity contribution in [2.75, 3.05) is 11.5 Å². The van der Waals surface area contributed by atoms with E-state index in [4.69, 9.17) is 34.7 Å². The zero-order chi connectivity index (χ0) is 15.7. The van der Waals surface area contributed by atoms with Crippen LogP contribution in [0.4, 0.5) is 11.8 Å². The van der Waals surface area contributed by atoms with E-state index in [0.29, 0.717) is 15.9 Å². The molecule has 1 aromatic heterocycles. The van der Waals surface area contributed by atoms with Crippen LogP contribution in [0.5, 0.6) is 0 Å². The third-order valence-corrected chi connectivity index (χ3v) is 4.98. The summed E-state index contributed by atoms with van der Waals surface area (Å²) in [4.78, 5) is 9.25. The molecule has 7 heteroatoms.